The molecule has 0 radical (unpaired) electrons. The number of phenolic OH excluding ortho intramolecular Hbond substituents is 1. The molecule has 3 aromatic carbocycles. The Labute approximate surface area is 192 Å². The van der Waals surface area contributed by atoms with Crippen LogP contribution in [0.1, 0.15) is 16.7 Å². The number of hydrogen-bond acceptors (Lipinski definition) is 5. The Morgan fingerprint density at radius 2 is 1.36 bits per heavy atom. The van der Waals surface area contributed by atoms with Crippen LogP contribution in [-0.2, 0) is 33.8 Å². The van der Waals surface area contributed by atoms with Gasteiger partial charge in [-0.25, -0.2) is 4.79 Å². The zero-order valence-corrected chi connectivity index (χ0v) is 18.0. The normalized spacial score (nSPS) is 12.2. The molecule has 0 saturated heterocycles. The molecule has 2 amide bonds. The predicted octanol–water partition coefficient (Wildman–Crippen LogP) is 3.16. The zero-order chi connectivity index (χ0) is 23.5. The summed E-state index contributed by atoms with van der Waals surface area (Å²) >= 11 is 0. The van der Waals surface area contributed by atoms with Crippen LogP contribution in [0.3, 0.4) is 0 Å². The van der Waals surface area contributed by atoms with Gasteiger partial charge in [0.1, 0.15) is 24.7 Å². The Bertz CT molecular complexity index is 1040. The van der Waals surface area contributed by atoms with Crippen molar-refractivity contribution >= 4 is 18.3 Å². The molecule has 7 heteroatoms. The average Bonchev–Trinajstić information content (AvgIpc) is 2.84. The minimum absolute atomic E-state index is 0.0736. The van der Waals surface area contributed by atoms with Crippen LogP contribution in [0.2, 0.25) is 0 Å². The monoisotopic (exact) mass is 446 g/mol. The summed E-state index contributed by atoms with van der Waals surface area (Å²) in [5.74, 6) is -0.377. The van der Waals surface area contributed by atoms with Crippen LogP contribution in [0.5, 0.6) is 5.75 Å². The van der Waals surface area contributed by atoms with Crippen molar-refractivity contribution in [2.45, 2.75) is 31.5 Å². The molecular formula is C26H26N2O5. The van der Waals surface area contributed by atoms with Gasteiger partial charge in [-0.3, -0.25) is 4.79 Å². The molecule has 3 aromatic rings. The molecule has 2 atom stereocenters. The number of carbonyl (C=O) groups excluding carboxylic acids is 3. The maximum atomic E-state index is 13.0. The van der Waals surface area contributed by atoms with Gasteiger partial charge in [0, 0.05) is 6.42 Å². The fourth-order valence-electron chi connectivity index (χ4n) is 3.27. The Kier molecular flexibility index (Phi) is 8.59. The summed E-state index contributed by atoms with van der Waals surface area (Å²) in [6.45, 7) is 0.0736. The Morgan fingerprint density at radius 3 is 1.97 bits per heavy atom. The first-order valence-electron chi connectivity index (χ1n) is 10.6. The van der Waals surface area contributed by atoms with Crippen molar-refractivity contribution in [2.24, 2.45) is 0 Å². The number of rotatable bonds is 10. The standard InChI is InChI=1S/C26H26N2O5/c29-17-22(15-20-11-13-23(30)14-12-20)27-25(31)24(16-19-7-3-1-4-8-19)28-26(32)33-18-21-9-5-2-6-10-21/h1-14,17,22,24,30H,15-16,18H2,(H,27,31)(H,28,32)/t22-,24-/m1/s1. The number of benzene rings is 3. The quantitative estimate of drug-likeness (QED) is 0.415. The molecule has 0 aliphatic carbocycles. The molecule has 170 valence electrons. The van der Waals surface area contributed by atoms with E-state index < -0.39 is 24.1 Å². The van der Waals surface area contributed by atoms with Crippen molar-refractivity contribution < 1.29 is 24.2 Å². The van der Waals surface area contributed by atoms with Crippen LogP contribution < -0.4 is 10.6 Å². The molecular weight excluding hydrogens is 420 g/mol. The number of phenols is 1. The van der Waals surface area contributed by atoms with Crippen molar-refractivity contribution in [3.8, 4) is 5.75 Å². The minimum Gasteiger partial charge on any atom is -0.508 e. The minimum atomic E-state index is -0.932. The zero-order valence-electron chi connectivity index (χ0n) is 18.0. The highest BCUT2D eigenvalue weighted by molar-refractivity contribution is 5.87. The van der Waals surface area contributed by atoms with E-state index in [4.69, 9.17) is 4.74 Å². The van der Waals surface area contributed by atoms with E-state index in [1.807, 2.05) is 60.7 Å². The third kappa shape index (κ3) is 7.81. The van der Waals surface area contributed by atoms with Crippen molar-refractivity contribution in [3.05, 3.63) is 102 Å². The number of ether oxygens (including phenoxy) is 1. The molecule has 3 rings (SSSR count). The largest absolute Gasteiger partial charge is 0.508 e. The lowest BCUT2D eigenvalue weighted by molar-refractivity contribution is -0.125. The lowest BCUT2D eigenvalue weighted by Crippen LogP contribution is -2.51. The molecule has 0 fully saturated rings. The summed E-state index contributed by atoms with van der Waals surface area (Å²) in [6.07, 6.45) is 0.415. The summed E-state index contributed by atoms with van der Waals surface area (Å²) in [5, 5.41) is 14.7. The van der Waals surface area contributed by atoms with E-state index in [0.29, 0.717) is 6.29 Å². The van der Waals surface area contributed by atoms with Crippen LogP contribution in [0.4, 0.5) is 4.79 Å². The van der Waals surface area contributed by atoms with Crippen LogP contribution in [0.15, 0.2) is 84.9 Å². The maximum Gasteiger partial charge on any atom is 0.408 e. The van der Waals surface area contributed by atoms with Gasteiger partial charge >= 0.3 is 6.09 Å². The summed E-state index contributed by atoms with van der Waals surface area (Å²) in [5.41, 5.74) is 2.45. The summed E-state index contributed by atoms with van der Waals surface area (Å²) in [6, 6.07) is 23.1. The number of aldehydes is 1. The second-order valence-electron chi connectivity index (χ2n) is 7.57. The van der Waals surface area contributed by atoms with E-state index in [1.54, 1.807) is 12.1 Å². The molecule has 0 aromatic heterocycles. The number of amides is 2. The van der Waals surface area contributed by atoms with Gasteiger partial charge in [0.15, 0.2) is 0 Å². The van der Waals surface area contributed by atoms with Gasteiger partial charge in [-0.05, 0) is 35.2 Å². The highest BCUT2D eigenvalue weighted by Gasteiger charge is 2.24. The third-order valence-electron chi connectivity index (χ3n) is 4.99. The number of alkyl carbamates (subject to hydrolysis) is 1. The molecule has 0 heterocycles. The first-order chi connectivity index (χ1) is 16.0. The molecule has 33 heavy (non-hydrogen) atoms. The fourth-order valence-corrected chi connectivity index (χ4v) is 3.27. The topological polar surface area (TPSA) is 105 Å². The number of carbonyl (C=O) groups is 3. The lowest BCUT2D eigenvalue weighted by atomic mass is 10.0. The molecule has 0 spiro atoms. The van der Waals surface area contributed by atoms with E-state index >= 15 is 0 Å². The number of hydrogen-bond donors (Lipinski definition) is 3. The highest BCUT2D eigenvalue weighted by atomic mass is 16.5. The predicted molar refractivity (Wildman–Crippen MR) is 124 cm³/mol. The molecule has 3 N–H and O–H groups in total. The van der Waals surface area contributed by atoms with Crippen LogP contribution in [0, 0.1) is 0 Å². The van der Waals surface area contributed by atoms with Gasteiger partial charge in [-0.2, -0.15) is 0 Å². The van der Waals surface area contributed by atoms with Crippen molar-refractivity contribution in [1.29, 1.82) is 0 Å². The molecule has 0 bridgehead atoms. The van der Waals surface area contributed by atoms with E-state index in [9.17, 15) is 19.5 Å². The van der Waals surface area contributed by atoms with Gasteiger partial charge in [0.25, 0.3) is 0 Å². The van der Waals surface area contributed by atoms with Crippen molar-refractivity contribution in [3.63, 3.8) is 0 Å². The molecule has 0 saturated carbocycles. The number of aromatic hydroxyl groups is 1. The van der Waals surface area contributed by atoms with Crippen molar-refractivity contribution in [1.82, 2.24) is 10.6 Å². The molecule has 0 aliphatic heterocycles. The average molecular weight is 447 g/mol. The fraction of sp³-hybridized carbons (Fsp3) is 0.192. The summed E-state index contributed by atoms with van der Waals surface area (Å²) < 4.78 is 5.26. The second kappa shape index (κ2) is 12.0. The first-order valence-corrected chi connectivity index (χ1v) is 10.6. The Balaban J connectivity index is 1.64. The maximum absolute atomic E-state index is 13.0. The third-order valence-corrected chi connectivity index (χ3v) is 4.99. The van der Waals surface area contributed by atoms with Crippen LogP contribution >= 0.6 is 0 Å². The van der Waals surface area contributed by atoms with Crippen molar-refractivity contribution in [2.75, 3.05) is 0 Å². The second-order valence-corrected chi connectivity index (χ2v) is 7.57. The molecule has 0 unspecified atom stereocenters. The summed E-state index contributed by atoms with van der Waals surface area (Å²) in [4.78, 5) is 37.0. The first kappa shape index (κ1) is 23.5. The van der Waals surface area contributed by atoms with E-state index in [1.165, 1.54) is 12.1 Å². The van der Waals surface area contributed by atoms with Gasteiger partial charge in [0.05, 0.1) is 6.04 Å². The van der Waals surface area contributed by atoms with E-state index in [0.717, 1.165) is 16.7 Å². The van der Waals surface area contributed by atoms with Crippen LogP contribution in [-0.4, -0.2) is 35.5 Å². The Hall–Kier alpha value is -4.13. The van der Waals surface area contributed by atoms with Gasteiger partial charge in [0.2, 0.25) is 5.91 Å². The van der Waals surface area contributed by atoms with Gasteiger partial charge in [-0.1, -0.05) is 72.8 Å². The van der Waals surface area contributed by atoms with E-state index in [2.05, 4.69) is 10.6 Å². The van der Waals surface area contributed by atoms with Gasteiger partial charge in [-0.15, -0.1) is 0 Å². The highest BCUT2D eigenvalue weighted by Crippen LogP contribution is 2.11. The van der Waals surface area contributed by atoms with Gasteiger partial charge < -0.3 is 25.3 Å². The lowest BCUT2D eigenvalue weighted by Gasteiger charge is -2.21. The number of nitrogens with one attached hydrogen (secondary N) is 2. The SMILES string of the molecule is O=C[C@@H](Cc1ccc(O)cc1)NC(=O)[C@@H](Cc1ccccc1)NC(=O)OCc1ccccc1. The molecule has 0 aliphatic rings. The van der Waals surface area contributed by atoms with Crippen LogP contribution in [0.25, 0.3) is 0 Å². The van der Waals surface area contributed by atoms with E-state index in [-0.39, 0.29) is 25.2 Å². The summed E-state index contributed by atoms with van der Waals surface area (Å²) in [7, 11) is 0. The smallest absolute Gasteiger partial charge is 0.408 e. The Morgan fingerprint density at radius 1 is 0.788 bits per heavy atom. The molecule has 7 nitrogen and oxygen atoms in total.